The number of carbonyl (C=O) groups is 1. The van der Waals surface area contributed by atoms with Gasteiger partial charge in [0.1, 0.15) is 0 Å². The van der Waals surface area contributed by atoms with Crippen molar-refractivity contribution in [3.63, 3.8) is 0 Å². The Bertz CT molecular complexity index is 456. The van der Waals surface area contributed by atoms with E-state index < -0.39 is 0 Å². The Labute approximate surface area is 121 Å². The summed E-state index contributed by atoms with van der Waals surface area (Å²) in [7, 11) is 0. The lowest BCUT2D eigenvalue weighted by Crippen LogP contribution is -2.40. The predicted octanol–water partition coefficient (Wildman–Crippen LogP) is 2.11. The predicted molar refractivity (Wildman–Crippen MR) is 79.9 cm³/mol. The summed E-state index contributed by atoms with van der Waals surface area (Å²) in [6.07, 6.45) is 2.11. The van der Waals surface area contributed by atoms with Crippen molar-refractivity contribution in [2.24, 2.45) is 5.73 Å². The molecule has 1 aliphatic rings. The molecule has 1 aliphatic heterocycles. The van der Waals surface area contributed by atoms with Crippen LogP contribution >= 0.6 is 12.4 Å². The van der Waals surface area contributed by atoms with Gasteiger partial charge in [0.25, 0.3) is 5.91 Å². The van der Waals surface area contributed by atoms with E-state index in [1.165, 1.54) is 0 Å². The molecule has 1 fully saturated rings. The highest BCUT2D eigenvalue weighted by Gasteiger charge is 2.30. The molecule has 19 heavy (non-hydrogen) atoms. The summed E-state index contributed by atoms with van der Waals surface area (Å²) >= 11 is 0. The number of rotatable bonds is 3. The zero-order valence-electron chi connectivity index (χ0n) is 12.0. The fourth-order valence-electron chi connectivity index (χ4n) is 3.01. The van der Waals surface area contributed by atoms with Crippen molar-refractivity contribution in [3.05, 3.63) is 23.0 Å². The molecule has 108 valence electrons. The van der Waals surface area contributed by atoms with Crippen LogP contribution in [0.3, 0.4) is 0 Å². The van der Waals surface area contributed by atoms with Gasteiger partial charge in [0, 0.05) is 37.1 Å². The van der Waals surface area contributed by atoms with E-state index in [4.69, 9.17) is 5.73 Å². The Morgan fingerprint density at radius 2 is 2.16 bits per heavy atom. The van der Waals surface area contributed by atoms with E-state index in [2.05, 4.69) is 18.4 Å². The van der Waals surface area contributed by atoms with Gasteiger partial charge in [-0.25, -0.2) is 0 Å². The minimum absolute atomic E-state index is 0. The van der Waals surface area contributed by atoms with Crippen molar-refractivity contribution in [2.75, 3.05) is 13.1 Å². The van der Waals surface area contributed by atoms with Crippen LogP contribution < -0.4 is 5.73 Å². The molecule has 2 rings (SSSR count). The molecule has 0 aromatic carbocycles. The van der Waals surface area contributed by atoms with Crippen LogP contribution in [0.25, 0.3) is 0 Å². The van der Waals surface area contributed by atoms with E-state index in [0.717, 1.165) is 42.9 Å². The lowest BCUT2D eigenvalue weighted by Gasteiger charge is -2.23. The lowest BCUT2D eigenvalue weighted by atomic mass is 10.2. The van der Waals surface area contributed by atoms with Crippen LogP contribution in [-0.2, 0) is 6.54 Å². The standard InChI is InChI=1S/C14H23N3O.ClH/c1-4-16-10(2)8-13(11(16)3)14(18)17-7-5-6-12(17)9-15;/h8,12H,4-7,9,15H2,1-3H3;1H. The SMILES string of the molecule is CCn1c(C)cc(C(=O)N2CCCC2CN)c1C.Cl. The van der Waals surface area contributed by atoms with Gasteiger partial charge in [-0.15, -0.1) is 12.4 Å². The number of hydrogen-bond donors (Lipinski definition) is 1. The van der Waals surface area contributed by atoms with Gasteiger partial charge in [-0.05, 0) is 39.7 Å². The molecule has 0 aliphatic carbocycles. The van der Waals surface area contributed by atoms with Crippen molar-refractivity contribution >= 4 is 18.3 Å². The lowest BCUT2D eigenvalue weighted by molar-refractivity contribution is 0.0740. The summed E-state index contributed by atoms with van der Waals surface area (Å²) in [5, 5.41) is 0. The van der Waals surface area contributed by atoms with Gasteiger partial charge in [-0.1, -0.05) is 0 Å². The highest BCUT2D eigenvalue weighted by atomic mass is 35.5. The van der Waals surface area contributed by atoms with Crippen LogP contribution in [0.1, 0.15) is 41.5 Å². The van der Waals surface area contributed by atoms with Gasteiger partial charge in [0.05, 0.1) is 5.56 Å². The molecule has 2 N–H and O–H groups in total. The highest BCUT2D eigenvalue weighted by molar-refractivity contribution is 5.96. The molecule has 4 nitrogen and oxygen atoms in total. The Balaban J connectivity index is 0.00000180. The first kappa shape index (κ1) is 16.1. The maximum atomic E-state index is 12.6. The molecule has 1 amide bonds. The largest absolute Gasteiger partial charge is 0.349 e. The third-order valence-corrected chi connectivity index (χ3v) is 4.03. The first-order valence-electron chi connectivity index (χ1n) is 6.77. The molecule has 0 bridgehead atoms. The molecular weight excluding hydrogens is 262 g/mol. The van der Waals surface area contributed by atoms with E-state index >= 15 is 0 Å². The van der Waals surface area contributed by atoms with Crippen molar-refractivity contribution in [3.8, 4) is 0 Å². The third-order valence-electron chi connectivity index (χ3n) is 4.03. The minimum atomic E-state index is 0. The molecule has 1 aromatic heterocycles. The molecule has 1 aromatic rings. The number of amides is 1. The number of likely N-dealkylation sites (tertiary alicyclic amines) is 1. The topological polar surface area (TPSA) is 51.3 Å². The quantitative estimate of drug-likeness (QED) is 0.925. The van der Waals surface area contributed by atoms with Gasteiger partial charge in [0.15, 0.2) is 0 Å². The normalized spacial score (nSPS) is 18.5. The van der Waals surface area contributed by atoms with E-state index in [9.17, 15) is 4.79 Å². The molecule has 0 spiro atoms. The van der Waals surface area contributed by atoms with E-state index in [1.54, 1.807) is 0 Å². The third kappa shape index (κ3) is 2.79. The second-order valence-electron chi connectivity index (χ2n) is 5.06. The second-order valence-corrected chi connectivity index (χ2v) is 5.06. The number of aromatic nitrogens is 1. The van der Waals surface area contributed by atoms with Crippen LogP contribution in [0.15, 0.2) is 6.07 Å². The molecule has 0 saturated carbocycles. The first-order chi connectivity index (χ1) is 8.60. The number of aryl methyl sites for hydroxylation is 1. The average Bonchev–Trinajstić information content (AvgIpc) is 2.93. The molecule has 1 saturated heterocycles. The molecule has 1 unspecified atom stereocenters. The van der Waals surface area contributed by atoms with Crippen LogP contribution in [0.2, 0.25) is 0 Å². The maximum absolute atomic E-state index is 12.6. The molecule has 5 heteroatoms. The Hall–Kier alpha value is -1.00. The van der Waals surface area contributed by atoms with Gasteiger partial charge in [-0.2, -0.15) is 0 Å². The van der Waals surface area contributed by atoms with Gasteiger partial charge in [0.2, 0.25) is 0 Å². The van der Waals surface area contributed by atoms with E-state index in [-0.39, 0.29) is 24.4 Å². The monoisotopic (exact) mass is 285 g/mol. The molecule has 2 heterocycles. The van der Waals surface area contributed by atoms with Gasteiger partial charge >= 0.3 is 0 Å². The Kier molecular flexibility index (Phi) is 5.44. The minimum Gasteiger partial charge on any atom is -0.349 e. The van der Waals surface area contributed by atoms with Crippen molar-refractivity contribution < 1.29 is 4.79 Å². The van der Waals surface area contributed by atoms with E-state index in [1.807, 2.05) is 17.9 Å². The number of hydrogen-bond acceptors (Lipinski definition) is 2. The summed E-state index contributed by atoms with van der Waals surface area (Å²) in [5.74, 6) is 0.149. The van der Waals surface area contributed by atoms with Gasteiger partial charge in [-0.3, -0.25) is 4.79 Å². The first-order valence-corrected chi connectivity index (χ1v) is 6.77. The van der Waals surface area contributed by atoms with Gasteiger partial charge < -0.3 is 15.2 Å². The summed E-state index contributed by atoms with van der Waals surface area (Å²) in [5.41, 5.74) is 8.81. The Morgan fingerprint density at radius 1 is 1.47 bits per heavy atom. The summed E-state index contributed by atoms with van der Waals surface area (Å²) in [6, 6.07) is 2.23. The fourth-order valence-corrected chi connectivity index (χ4v) is 3.01. The number of nitrogens with two attached hydrogens (primary N) is 1. The smallest absolute Gasteiger partial charge is 0.255 e. The van der Waals surface area contributed by atoms with Crippen molar-refractivity contribution in [1.29, 1.82) is 0 Å². The summed E-state index contributed by atoms with van der Waals surface area (Å²) in [4.78, 5) is 14.5. The fraction of sp³-hybridized carbons (Fsp3) is 0.643. The highest BCUT2D eigenvalue weighted by Crippen LogP contribution is 2.23. The van der Waals surface area contributed by atoms with Crippen LogP contribution in [0.4, 0.5) is 0 Å². The number of halogens is 1. The van der Waals surface area contributed by atoms with Crippen LogP contribution in [0, 0.1) is 13.8 Å². The maximum Gasteiger partial charge on any atom is 0.255 e. The Morgan fingerprint density at radius 3 is 2.68 bits per heavy atom. The summed E-state index contributed by atoms with van der Waals surface area (Å²) in [6.45, 7) is 8.50. The van der Waals surface area contributed by atoms with Crippen molar-refractivity contribution in [1.82, 2.24) is 9.47 Å². The molecule has 1 atom stereocenters. The van der Waals surface area contributed by atoms with Crippen LogP contribution in [-0.4, -0.2) is 34.5 Å². The molecular formula is C14H24ClN3O. The van der Waals surface area contributed by atoms with Crippen LogP contribution in [0.5, 0.6) is 0 Å². The van der Waals surface area contributed by atoms with Crippen molar-refractivity contribution in [2.45, 2.75) is 46.2 Å². The zero-order chi connectivity index (χ0) is 13.3. The summed E-state index contributed by atoms with van der Waals surface area (Å²) < 4.78 is 2.18. The van der Waals surface area contributed by atoms with E-state index in [0.29, 0.717) is 6.54 Å². The second kappa shape index (κ2) is 6.44. The zero-order valence-corrected chi connectivity index (χ0v) is 12.8. The average molecular weight is 286 g/mol. The number of nitrogens with zero attached hydrogens (tertiary/aromatic N) is 2. The number of carbonyl (C=O) groups excluding carboxylic acids is 1. The molecule has 0 radical (unpaired) electrons.